The lowest BCUT2D eigenvalue weighted by Crippen LogP contribution is -2.18. The first-order valence-electron chi connectivity index (χ1n) is 34.4. The Morgan fingerprint density at radius 2 is 0.489 bits per heavy atom. The molecule has 13 aromatic rings. The molecule has 0 aromatic heterocycles. The smallest absolute Gasteiger partial charge is 0.0540 e. The van der Waals surface area contributed by atoms with E-state index in [1.165, 1.54) is 85.7 Å². The fraction of sp³-hybridized carbons (Fsp3) is 0.178. The van der Waals surface area contributed by atoms with Crippen LogP contribution >= 0.6 is 0 Å². The number of nitrogens with zero attached hydrogens (tertiary/aromatic N) is 4. The molecule has 0 aliphatic rings. The minimum atomic E-state index is 1.02. The van der Waals surface area contributed by atoms with Crippen LogP contribution in [0.3, 0.4) is 0 Å². The van der Waals surface area contributed by atoms with Crippen molar-refractivity contribution in [3.05, 3.63) is 333 Å². The Labute approximate surface area is 563 Å². The summed E-state index contributed by atoms with van der Waals surface area (Å²) in [5.41, 5.74) is 19.0. The molecular weight excluding hydrogens is 1140 g/mol. The van der Waals surface area contributed by atoms with Crippen LogP contribution in [0.2, 0.25) is 0 Å². The van der Waals surface area contributed by atoms with E-state index in [2.05, 4.69) is 361 Å². The van der Waals surface area contributed by atoms with Crippen LogP contribution in [0.25, 0.3) is 43.8 Å². The van der Waals surface area contributed by atoms with Gasteiger partial charge in [0.2, 0.25) is 0 Å². The highest BCUT2D eigenvalue weighted by Crippen LogP contribution is 2.43. The summed E-state index contributed by atoms with van der Waals surface area (Å²) in [4.78, 5) is 9.44. The number of para-hydroxylation sites is 4. The van der Waals surface area contributed by atoms with Gasteiger partial charge in [-0.3, -0.25) is 0 Å². The van der Waals surface area contributed by atoms with Crippen LogP contribution in [0.1, 0.15) is 100 Å². The number of rotatable bonds is 19. The summed E-state index contributed by atoms with van der Waals surface area (Å²) in [7, 11) is 0. The number of fused-ring (bicyclic) bond motifs is 2. The third kappa shape index (κ3) is 17.6. The second kappa shape index (κ2) is 37.2. The highest BCUT2D eigenvalue weighted by molar-refractivity contribution is 6.00. The molecule has 13 rings (SSSR count). The first-order valence-corrected chi connectivity index (χ1v) is 34.4. The number of hydrogen-bond donors (Lipinski definition) is 0. The van der Waals surface area contributed by atoms with Gasteiger partial charge in [0.25, 0.3) is 0 Å². The van der Waals surface area contributed by atoms with Crippen LogP contribution in [0.5, 0.6) is 0 Å². The summed E-state index contributed by atoms with van der Waals surface area (Å²) < 4.78 is 0. The summed E-state index contributed by atoms with van der Waals surface area (Å²) in [6, 6.07) is 118. The Bertz CT molecular complexity index is 4040. The second-order valence-electron chi connectivity index (χ2n) is 21.8. The van der Waals surface area contributed by atoms with Gasteiger partial charge in [0.05, 0.1) is 11.4 Å². The Balaban J connectivity index is 0.000000220. The van der Waals surface area contributed by atoms with Crippen LogP contribution in [-0.4, -0.2) is 6.54 Å². The summed E-state index contributed by atoms with van der Waals surface area (Å²) in [6.07, 6.45) is 5.93. The minimum Gasteiger partial charge on any atom is -0.341 e. The predicted octanol–water partition coefficient (Wildman–Crippen LogP) is 27.8. The fourth-order valence-electron chi connectivity index (χ4n) is 11.6. The highest BCUT2D eigenvalue weighted by atomic mass is 15.2. The molecule has 13 aromatic carbocycles. The molecule has 0 saturated carbocycles. The highest BCUT2D eigenvalue weighted by Gasteiger charge is 2.19. The van der Waals surface area contributed by atoms with Crippen molar-refractivity contribution in [2.24, 2.45) is 0 Å². The van der Waals surface area contributed by atoms with Crippen molar-refractivity contribution in [1.29, 1.82) is 0 Å². The lowest BCUT2D eigenvalue weighted by Gasteiger charge is -2.27. The first kappa shape index (κ1) is 69.5. The zero-order valence-electron chi connectivity index (χ0n) is 57.2. The molecule has 0 N–H and O–H groups in total. The van der Waals surface area contributed by atoms with Crippen LogP contribution < -0.4 is 19.6 Å². The van der Waals surface area contributed by atoms with E-state index in [-0.39, 0.29) is 0 Å². The van der Waals surface area contributed by atoms with Gasteiger partial charge in [-0.1, -0.05) is 288 Å². The van der Waals surface area contributed by atoms with E-state index in [1.807, 2.05) is 55.4 Å². The second-order valence-corrected chi connectivity index (χ2v) is 21.8. The number of aryl methyl sites for hydroxylation is 1. The van der Waals surface area contributed by atoms with E-state index in [4.69, 9.17) is 0 Å². The first-order chi connectivity index (χ1) is 46.6. The maximum atomic E-state index is 2.42. The molecule has 0 fully saturated rings. The largest absolute Gasteiger partial charge is 0.341 e. The molecule has 0 aliphatic carbocycles. The Hall–Kier alpha value is -10.4. The van der Waals surface area contributed by atoms with Crippen molar-refractivity contribution in [3.8, 4) is 22.3 Å². The Morgan fingerprint density at radius 1 is 0.223 bits per heavy atom. The van der Waals surface area contributed by atoms with Gasteiger partial charge in [0.1, 0.15) is 0 Å². The quantitative estimate of drug-likeness (QED) is 0.0800. The molecule has 4 nitrogen and oxygen atoms in total. The molecule has 0 atom stereocenters. The summed E-state index contributed by atoms with van der Waals surface area (Å²) in [5, 5.41) is 4.90. The molecule has 94 heavy (non-hydrogen) atoms. The van der Waals surface area contributed by atoms with Crippen molar-refractivity contribution >= 4 is 84.1 Å². The predicted molar refractivity (Wildman–Crippen MR) is 415 cm³/mol. The lowest BCUT2D eigenvalue weighted by molar-refractivity contribution is 0.786. The maximum absolute atomic E-state index is 2.42. The van der Waals surface area contributed by atoms with Crippen LogP contribution in [0.4, 0.5) is 62.6 Å². The van der Waals surface area contributed by atoms with Crippen LogP contribution in [0, 0.1) is 0 Å². The van der Waals surface area contributed by atoms with Gasteiger partial charge >= 0.3 is 0 Å². The molecule has 0 amide bonds. The zero-order valence-corrected chi connectivity index (χ0v) is 57.2. The van der Waals surface area contributed by atoms with Gasteiger partial charge in [-0.15, -0.1) is 0 Å². The topological polar surface area (TPSA) is 13.0 Å². The monoisotopic (exact) mass is 1230 g/mol. The van der Waals surface area contributed by atoms with Crippen molar-refractivity contribution in [2.45, 2.75) is 101 Å². The SMILES string of the molecule is CC.CC.CC.CC.CCCCc1ccc(N(c2ccccc2)c2ccc(-c3ccc(N(CCCC)c4ccccc4)cc3)cc2)cc1.c1ccc(N(c2ccc(-c3ccc(N(c4ccccc4)c4cccc5ccccc45)cc3)cc2)c2cccc3ccccc23)cc1. The third-order valence-corrected chi connectivity index (χ3v) is 16.1. The van der Waals surface area contributed by atoms with E-state index in [0.29, 0.717) is 0 Å². The molecule has 0 bridgehead atoms. The molecule has 0 radical (unpaired) electrons. The summed E-state index contributed by atoms with van der Waals surface area (Å²) >= 11 is 0. The number of anilines is 11. The van der Waals surface area contributed by atoms with Gasteiger partial charge in [0, 0.05) is 68.5 Å². The van der Waals surface area contributed by atoms with Crippen molar-refractivity contribution in [2.75, 3.05) is 26.1 Å². The maximum Gasteiger partial charge on any atom is 0.0540 e. The zero-order chi connectivity index (χ0) is 66.3. The van der Waals surface area contributed by atoms with E-state index >= 15 is 0 Å². The standard InChI is InChI=1S/C44H32N2.C38H40N2.4C2H6/c1-3-17-37(18-4-1)45(43-23-11-15-35-13-7-9-21-41(35)43)39-29-25-33(26-30-39)34-27-31-40(32-28-34)46(38-19-5-2-6-20-38)44-24-12-16-36-14-8-10-22-42(36)44;1-3-5-13-31-18-24-37(25-19-31)40(36-16-11-8-12-17-36)38-28-22-33(23-29-38)32-20-26-35(27-21-32)39(30-6-4-2)34-14-9-7-10-15-34;4*1-2/h1-32H;7-12,14-29H,3-6,13,30H2,1-2H3;4*1-2H3. The van der Waals surface area contributed by atoms with Crippen molar-refractivity contribution in [1.82, 2.24) is 0 Å². The van der Waals surface area contributed by atoms with Crippen LogP contribution in [-0.2, 0) is 6.42 Å². The third-order valence-electron chi connectivity index (χ3n) is 16.1. The van der Waals surface area contributed by atoms with Crippen molar-refractivity contribution < 1.29 is 0 Å². The molecule has 0 spiro atoms. The average Bonchev–Trinajstić information content (AvgIpc) is 0.951. The summed E-state index contributed by atoms with van der Waals surface area (Å²) in [6.45, 7) is 21.5. The Morgan fingerprint density at radius 3 is 0.851 bits per heavy atom. The number of unbranched alkanes of at least 4 members (excludes halogenated alkanes) is 2. The van der Waals surface area contributed by atoms with E-state index in [0.717, 1.165) is 64.9 Å². The van der Waals surface area contributed by atoms with E-state index in [1.54, 1.807) is 0 Å². The molecule has 0 unspecified atom stereocenters. The van der Waals surface area contributed by atoms with Gasteiger partial charge in [-0.05, 0) is 179 Å². The Kier molecular flexibility index (Phi) is 27.5. The molecule has 476 valence electrons. The summed E-state index contributed by atoms with van der Waals surface area (Å²) in [5.74, 6) is 0. The fourth-order valence-corrected chi connectivity index (χ4v) is 11.6. The minimum absolute atomic E-state index is 1.02. The number of benzene rings is 13. The van der Waals surface area contributed by atoms with Gasteiger partial charge in [-0.25, -0.2) is 0 Å². The average molecular weight is 1230 g/mol. The molecule has 0 heterocycles. The lowest BCUT2D eigenvalue weighted by atomic mass is 10.0. The van der Waals surface area contributed by atoms with Crippen molar-refractivity contribution in [3.63, 3.8) is 0 Å². The van der Waals surface area contributed by atoms with Gasteiger partial charge < -0.3 is 19.6 Å². The van der Waals surface area contributed by atoms with Crippen LogP contribution in [0.15, 0.2) is 328 Å². The molecular formula is C90H96N4. The number of hydrogen-bond acceptors (Lipinski definition) is 4. The van der Waals surface area contributed by atoms with E-state index < -0.39 is 0 Å². The molecule has 4 heteroatoms. The molecule has 0 saturated heterocycles. The van der Waals surface area contributed by atoms with Gasteiger partial charge in [-0.2, -0.15) is 0 Å². The van der Waals surface area contributed by atoms with E-state index in [9.17, 15) is 0 Å². The molecule has 0 aliphatic heterocycles. The van der Waals surface area contributed by atoms with Gasteiger partial charge in [0.15, 0.2) is 0 Å². The normalized spacial score (nSPS) is 10.3.